The number of Topliss-reactive ketones (excluding diaryl/α,β-unsaturated/α-hetero) is 1. The summed E-state index contributed by atoms with van der Waals surface area (Å²) in [5.41, 5.74) is -0.404. The van der Waals surface area contributed by atoms with Crippen LogP contribution in [0.1, 0.15) is 113 Å². The average Bonchev–Trinajstić information content (AvgIpc) is 3.24. The quantitative estimate of drug-likeness (QED) is 0.121. The van der Waals surface area contributed by atoms with E-state index < -0.39 is 122 Å². The summed E-state index contributed by atoms with van der Waals surface area (Å²) < 4.78 is 34.7. The van der Waals surface area contributed by atoms with Crippen molar-refractivity contribution in [3.05, 3.63) is 11.6 Å². The number of hydrogen-bond donors (Lipinski definition) is 9. The van der Waals surface area contributed by atoms with Gasteiger partial charge in [0.15, 0.2) is 12.6 Å². The lowest BCUT2D eigenvalue weighted by molar-refractivity contribution is -0.361. The van der Waals surface area contributed by atoms with Crippen LogP contribution in [-0.2, 0) is 38.0 Å². The number of aliphatic hydroxyl groups is 9. The van der Waals surface area contributed by atoms with Crippen molar-refractivity contribution in [3.63, 3.8) is 0 Å². The standard InChI is InChI=1S/C47H74O17/c1-21-30(50)32(52)35(55)40(60-21)63-38-26(18-48)61-39(37(57)34(38)54)59-19-27-31(51)33(53)36(56)41(62-27)64-42(58)47-15-12-23-22-8-11-28-44(4,5)29(49)13-14-45(28,6)24(22)9-10-25(23)46(47,7)20-43(2,3)16-17-47/h12,21-22,24-28,30-41,48,50-57H,8-11,13-20H2,1-7H3/t21-,22-,24?,25?,26+,27+,28?,30-,31+,32+,33-,34+,35+,36+,37+,38+,39+,40-,41-,45+,46-,47-/m0/s1. The van der Waals surface area contributed by atoms with Gasteiger partial charge in [-0.2, -0.15) is 0 Å². The van der Waals surface area contributed by atoms with Gasteiger partial charge < -0.3 is 74.4 Å². The number of fused-ring (bicyclic) bond motifs is 7. The minimum Gasteiger partial charge on any atom is -0.432 e. The van der Waals surface area contributed by atoms with Gasteiger partial charge in [-0.25, -0.2) is 0 Å². The molecule has 0 amide bonds. The summed E-state index contributed by atoms with van der Waals surface area (Å²) >= 11 is 0. The van der Waals surface area contributed by atoms with E-state index in [2.05, 4.69) is 47.6 Å². The minimum absolute atomic E-state index is 0.0511. The molecule has 3 unspecified atom stereocenters. The first-order chi connectivity index (χ1) is 29.9. The molecule has 0 spiro atoms. The molecule has 3 heterocycles. The molecule has 3 aliphatic heterocycles. The Hall–Kier alpha value is -1.68. The van der Waals surface area contributed by atoms with Crippen molar-refractivity contribution in [2.75, 3.05) is 13.2 Å². The number of hydrogen-bond acceptors (Lipinski definition) is 17. The van der Waals surface area contributed by atoms with Crippen molar-refractivity contribution in [2.45, 2.75) is 205 Å². The number of aliphatic hydroxyl groups excluding tert-OH is 9. The molecule has 8 aliphatic rings. The van der Waals surface area contributed by atoms with Crippen LogP contribution in [0.15, 0.2) is 11.6 Å². The van der Waals surface area contributed by atoms with Gasteiger partial charge in [-0.15, -0.1) is 0 Å². The van der Waals surface area contributed by atoms with E-state index in [1.807, 2.05) is 0 Å². The molecule has 17 heteroatoms. The summed E-state index contributed by atoms with van der Waals surface area (Å²) in [5.74, 6) is 1.09. The second-order valence-electron chi connectivity index (χ2n) is 22.6. The van der Waals surface area contributed by atoms with Crippen LogP contribution in [0, 0.1) is 50.7 Å². The predicted molar refractivity (Wildman–Crippen MR) is 223 cm³/mol. The molecule has 0 bridgehead atoms. The molecule has 64 heavy (non-hydrogen) atoms. The van der Waals surface area contributed by atoms with Gasteiger partial charge in [0.25, 0.3) is 0 Å². The minimum atomic E-state index is -1.84. The molecule has 3 saturated heterocycles. The molecule has 0 radical (unpaired) electrons. The SMILES string of the molecule is C[C@@H]1O[C@@H](O[C@H]2[C@H](O)[C@@H](O)[C@H](OC[C@H]3O[C@@H](OC(=O)[C@@]45CC=C6C(CCC7[C@H]6CCC6C(C)(C)C(=O)CC[C@]76C)[C@]4(C)CC(C)(C)CC5)[C@H](O)[C@@H](O)[C@@H]3O)O[C@@H]2CO)[C@H](O)[C@H](O)[C@H]1O. The number of allylic oxidation sites excluding steroid dienone is 2. The number of rotatable bonds is 8. The highest BCUT2D eigenvalue weighted by Crippen LogP contribution is 2.71. The lowest BCUT2D eigenvalue weighted by atomic mass is 9.38. The van der Waals surface area contributed by atoms with Gasteiger partial charge in [0.05, 0.1) is 24.7 Å². The Morgan fingerprint density at radius 3 is 2.09 bits per heavy atom. The Morgan fingerprint density at radius 1 is 0.734 bits per heavy atom. The summed E-state index contributed by atoms with van der Waals surface area (Å²) in [5, 5.41) is 96.3. The van der Waals surface area contributed by atoms with Gasteiger partial charge in [-0.3, -0.25) is 9.59 Å². The number of ketones is 1. The van der Waals surface area contributed by atoms with Crippen molar-refractivity contribution >= 4 is 11.8 Å². The van der Waals surface area contributed by atoms with Crippen molar-refractivity contribution in [1.82, 2.24) is 0 Å². The number of carbonyl (C=O) groups is 2. The Balaban J connectivity index is 0.966. The molecule has 364 valence electrons. The monoisotopic (exact) mass is 910 g/mol. The van der Waals surface area contributed by atoms with E-state index >= 15 is 0 Å². The number of ether oxygens (including phenoxy) is 6. The lowest BCUT2D eigenvalue weighted by Gasteiger charge is -2.66. The maximum Gasteiger partial charge on any atom is 0.315 e. The fourth-order valence-corrected chi connectivity index (χ4v) is 14.5. The van der Waals surface area contributed by atoms with Crippen LogP contribution in [-0.4, -0.2) is 163 Å². The Labute approximate surface area is 375 Å². The van der Waals surface area contributed by atoms with Gasteiger partial charge in [0.1, 0.15) is 72.9 Å². The Morgan fingerprint density at radius 2 is 1.39 bits per heavy atom. The molecular formula is C47H74O17. The Kier molecular flexibility index (Phi) is 13.2. The molecule has 9 N–H and O–H groups in total. The van der Waals surface area contributed by atoms with Gasteiger partial charge in [0.2, 0.25) is 6.29 Å². The lowest BCUT2D eigenvalue weighted by Crippen LogP contribution is -2.65. The molecule has 22 atom stereocenters. The summed E-state index contributed by atoms with van der Waals surface area (Å²) in [6.07, 6.45) is -13.7. The summed E-state index contributed by atoms with van der Waals surface area (Å²) in [4.78, 5) is 28.1. The zero-order chi connectivity index (χ0) is 46.6. The van der Waals surface area contributed by atoms with Crippen molar-refractivity contribution in [1.29, 1.82) is 0 Å². The molecule has 0 aromatic heterocycles. The van der Waals surface area contributed by atoms with Crippen molar-refractivity contribution in [2.24, 2.45) is 50.7 Å². The molecule has 7 fully saturated rings. The van der Waals surface area contributed by atoms with Crippen LogP contribution in [0.5, 0.6) is 0 Å². The average molecular weight is 911 g/mol. The van der Waals surface area contributed by atoms with E-state index in [4.69, 9.17) is 28.4 Å². The highest BCUT2D eigenvalue weighted by molar-refractivity contribution is 5.85. The van der Waals surface area contributed by atoms with Gasteiger partial charge in [-0.1, -0.05) is 53.2 Å². The molecule has 0 aromatic rings. The molecule has 17 nitrogen and oxygen atoms in total. The van der Waals surface area contributed by atoms with E-state index in [1.54, 1.807) is 0 Å². The third-order valence-corrected chi connectivity index (χ3v) is 18.2. The van der Waals surface area contributed by atoms with Crippen molar-refractivity contribution < 1.29 is 84.0 Å². The van der Waals surface area contributed by atoms with Crippen LogP contribution in [0.25, 0.3) is 0 Å². The van der Waals surface area contributed by atoms with Crippen LogP contribution >= 0.6 is 0 Å². The zero-order valence-corrected chi connectivity index (χ0v) is 38.3. The van der Waals surface area contributed by atoms with E-state index in [1.165, 1.54) is 12.5 Å². The highest BCUT2D eigenvalue weighted by Gasteiger charge is 2.67. The molecule has 0 aromatic carbocycles. The third-order valence-electron chi connectivity index (χ3n) is 18.2. The smallest absolute Gasteiger partial charge is 0.315 e. The van der Waals surface area contributed by atoms with Crippen LogP contribution in [0.3, 0.4) is 0 Å². The third kappa shape index (κ3) is 7.77. The summed E-state index contributed by atoms with van der Waals surface area (Å²) in [6.45, 7) is 13.5. The van der Waals surface area contributed by atoms with E-state index in [0.717, 1.165) is 44.9 Å². The molecule has 8 rings (SSSR count). The van der Waals surface area contributed by atoms with Gasteiger partial charge >= 0.3 is 5.97 Å². The number of carbonyl (C=O) groups excluding carboxylic acids is 2. The molecule has 5 aliphatic carbocycles. The summed E-state index contributed by atoms with van der Waals surface area (Å²) in [6, 6.07) is 0. The summed E-state index contributed by atoms with van der Waals surface area (Å²) in [7, 11) is 0. The van der Waals surface area contributed by atoms with Gasteiger partial charge in [-0.05, 0) is 105 Å². The van der Waals surface area contributed by atoms with E-state index in [9.17, 15) is 55.5 Å². The maximum absolute atomic E-state index is 15.0. The topological polar surface area (TPSA) is 272 Å². The van der Waals surface area contributed by atoms with E-state index in [-0.39, 0.29) is 22.2 Å². The fraction of sp³-hybridized carbons (Fsp3) is 0.915. The Bertz CT molecular complexity index is 1770. The predicted octanol–water partition coefficient (Wildman–Crippen LogP) is 0.986. The van der Waals surface area contributed by atoms with Gasteiger partial charge in [0, 0.05) is 11.8 Å². The first-order valence-electron chi connectivity index (χ1n) is 23.7. The molecular weight excluding hydrogens is 837 g/mol. The first-order valence-corrected chi connectivity index (χ1v) is 23.7. The molecule has 4 saturated carbocycles. The zero-order valence-electron chi connectivity index (χ0n) is 38.3. The normalized spacial score (nSPS) is 52.3. The van der Waals surface area contributed by atoms with Crippen LogP contribution in [0.2, 0.25) is 0 Å². The second-order valence-corrected chi connectivity index (χ2v) is 22.6. The van der Waals surface area contributed by atoms with Crippen LogP contribution < -0.4 is 0 Å². The maximum atomic E-state index is 15.0. The first kappa shape index (κ1) is 48.8. The van der Waals surface area contributed by atoms with Crippen molar-refractivity contribution in [3.8, 4) is 0 Å². The van der Waals surface area contributed by atoms with E-state index in [0.29, 0.717) is 42.8 Å². The highest BCUT2D eigenvalue weighted by atomic mass is 16.8. The largest absolute Gasteiger partial charge is 0.432 e. The van der Waals surface area contributed by atoms with Crippen LogP contribution in [0.4, 0.5) is 0 Å². The second kappa shape index (κ2) is 17.4. The number of esters is 1. The fourth-order valence-electron chi connectivity index (χ4n) is 14.5.